The second-order valence-electron chi connectivity index (χ2n) is 6.00. The fourth-order valence-corrected chi connectivity index (χ4v) is 3.80. The van der Waals surface area contributed by atoms with Crippen LogP contribution in [-0.2, 0) is 9.59 Å². The average Bonchev–Trinajstić information content (AvgIpc) is 2.75. The predicted molar refractivity (Wildman–Crippen MR) is 61.3 cm³/mol. The van der Waals surface area contributed by atoms with E-state index in [1.807, 2.05) is 0 Å². The van der Waals surface area contributed by atoms with Crippen LogP contribution in [0.25, 0.3) is 0 Å². The molecule has 3 aliphatic carbocycles. The lowest BCUT2D eigenvalue weighted by atomic mass is 9.68. The molecular formula is C13H19NO3. The second-order valence-corrected chi connectivity index (χ2v) is 6.00. The van der Waals surface area contributed by atoms with Crippen LogP contribution >= 0.6 is 0 Å². The van der Waals surface area contributed by atoms with Gasteiger partial charge >= 0.3 is 5.97 Å². The summed E-state index contributed by atoms with van der Waals surface area (Å²) in [6.07, 6.45) is 6.66. The van der Waals surface area contributed by atoms with Crippen molar-refractivity contribution in [2.45, 2.75) is 51.0 Å². The number of amides is 1. The maximum Gasteiger partial charge on any atom is 0.319 e. The van der Waals surface area contributed by atoms with Gasteiger partial charge in [0.15, 0.2) is 0 Å². The van der Waals surface area contributed by atoms with E-state index < -0.39 is 11.4 Å². The SMILES string of the molecule is O=C(O)C1(C(=O)NC2CC3CCC2C3)CCC1. The van der Waals surface area contributed by atoms with Crippen molar-refractivity contribution in [2.24, 2.45) is 17.3 Å². The number of carbonyl (C=O) groups is 2. The Balaban J connectivity index is 1.65. The number of carbonyl (C=O) groups excluding carboxylic acids is 1. The van der Waals surface area contributed by atoms with Gasteiger partial charge in [-0.3, -0.25) is 9.59 Å². The van der Waals surface area contributed by atoms with Gasteiger partial charge in [0.25, 0.3) is 0 Å². The van der Waals surface area contributed by atoms with Crippen molar-refractivity contribution in [2.75, 3.05) is 0 Å². The number of hydrogen-bond donors (Lipinski definition) is 2. The molecule has 1 amide bonds. The summed E-state index contributed by atoms with van der Waals surface area (Å²) in [5, 5.41) is 12.2. The molecule has 3 aliphatic rings. The quantitative estimate of drug-likeness (QED) is 0.732. The Bertz CT molecular complexity index is 362. The van der Waals surface area contributed by atoms with Gasteiger partial charge in [0, 0.05) is 6.04 Å². The Morgan fingerprint density at radius 2 is 1.94 bits per heavy atom. The first-order chi connectivity index (χ1) is 8.12. The molecule has 3 fully saturated rings. The van der Waals surface area contributed by atoms with Crippen LogP contribution in [0.4, 0.5) is 0 Å². The van der Waals surface area contributed by atoms with Crippen molar-refractivity contribution >= 4 is 11.9 Å². The summed E-state index contributed by atoms with van der Waals surface area (Å²) in [6.45, 7) is 0. The van der Waals surface area contributed by atoms with Crippen LogP contribution < -0.4 is 5.32 Å². The molecule has 0 spiro atoms. The zero-order valence-electron chi connectivity index (χ0n) is 9.95. The summed E-state index contributed by atoms with van der Waals surface area (Å²) in [4.78, 5) is 23.3. The highest BCUT2D eigenvalue weighted by atomic mass is 16.4. The lowest BCUT2D eigenvalue weighted by Crippen LogP contribution is -2.54. The number of fused-ring (bicyclic) bond motifs is 2. The van der Waals surface area contributed by atoms with Gasteiger partial charge in [-0.05, 0) is 43.9 Å². The van der Waals surface area contributed by atoms with Gasteiger partial charge in [-0.2, -0.15) is 0 Å². The number of aliphatic carboxylic acids is 1. The van der Waals surface area contributed by atoms with Crippen molar-refractivity contribution in [1.29, 1.82) is 0 Å². The molecule has 3 unspecified atom stereocenters. The average molecular weight is 237 g/mol. The van der Waals surface area contributed by atoms with Crippen LogP contribution in [0.1, 0.15) is 44.9 Å². The van der Waals surface area contributed by atoms with Crippen LogP contribution in [0.2, 0.25) is 0 Å². The first-order valence-electron chi connectivity index (χ1n) is 6.66. The Labute approximate surface area is 101 Å². The molecule has 0 aromatic heterocycles. The summed E-state index contributed by atoms with van der Waals surface area (Å²) < 4.78 is 0. The third-order valence-electron chi connectivity index (χ3n) is 5.11. The minimum Gasteiger partial charge on any atom is -0.480 e. The summed E-state index contributed by atoms with van der Waals surface area (Å²) >= 11 is 0. The Morgan fingerprint density at radius 3 is 2.35 bits per heavy atom. The molecule has 0 radical (unpaired) electrons. The molecule has 0 heterocycles. The van der Waals surface area contributed by atoms with Crippen LogP contribution in [0.5, 0.6) is 0 Å². The molecule has 0 aromatic carbocycles. The maximum absolute atomic E-state index is 12.1. The molecule has 4 heteroatoms. The number of carboxylic acids is 1. The minimum atomic E-state index is -1.10. The summed E-state index contributed by atoms with van der Waals surface area (Å²) in [5.41, 5.74) is -1.10. The highest BCUT2D eigenvalue weighted by Crippen LogP contribution is 2.46. The molecule has 3 atom stereocenters. The van der Waals surface area contributed by atoms with Crippen molar-refractivity contribution < 1.29 is 14.7 Å². The molecule has 0 aliphatic heterocycles. The highest BCUT2D eigenvalue weighted by molar-refractivity contribution is 6.02. The van der Waals surface area contributed by atoms with E-state index in [0.29, 0.717) is 18.8 Å². The van der Waals surface area contributed by atoms with E-state index in [9.17, 15) is 14.7 Å². The molecule has 0 saturated heterocycles. The fourth-order valence-electron chi connectivity index (χ4n) is 3.80. The van der Waals surface area contributed by atoms with Gasteiger partial charge in [0.1, 0.15) is 5.41 Å². The molecule has 0 aromatic rings. The summed E-state index contributed by atoms with van der Waals surface area (Å²) in [6, 6.07) is 0.248. The first-order valence-corrected chi connectivity index (χ1v) is 6.66. The Morgan fingerprint density at radius 1 is 1.18 bits per heavy atom. The van der Waals surface area contributed by atoms with E-state index in [4.69, 9.17) is 0 Å². The number of nitrogens with one attached hydrogen (secondary N) is 1. The molecule has 3 saturated carbocycles. The zero-order chi connectivity index (χ0) is 12.0. The lowest BCUT2D eigenvalue weighted by Gasteiger charge is -2.37. The maximum atomic E-state index is 12.1. The molecule has 4 nitrogen and oxygen atoms in total. The predicted octanol–water partition coefficient (Wildman–Crippen LogP) is 1.55. The Kier molecular flexibility index (Phi) is 2.42. The van der Waals surface area contributed by atoms with Crippen LogP contribution in [0.3, 0.4) is 0 Å². The van der Waals surface area contributed by atoms with E-state index in [2.05, 4.69) is 5.32 Å². The van der Waals surface area contributed by atoms with Gasteiger partial charge in [-0.25, -0.2) is 0 Å². The molecule has 94 valence electrons. The molecule has 17 heavy (non-hydrogen) atoms. The lowest BCUT2D eigenvalue weighted by molar-refractivity contribution is -0.162. The molecular weight excluding hydrogens is 218 g/mol. The summed E-state index contributed by atoms with van der Waals surface area (Å²) in [5.74, 6) is 0.209. The number of rotatable bonds is 3. The normalized spacial score (nSPS) is 37.5. The van der Waals surface area contributed by atoms with Gasteiger partial charge in [-0.1, -0.05) is 12.8 Å². The number of carboxylic acid groups (broad SMARTS) is 1. The van der Waals surface area contributed by atoms with E-state index >= 15 is 0 Å². The standard InChI is InChI=1S/C13H19NO3/c15-11(13(12(16)17)4-1-5-13)14-10-7-8-2-3-9(10)6-8/h8-10H,1-7H2,(H,14,15)(H,16,17). The number of hydrogen-bond acceptors (Lipinski definition) is 2. The van der Waals surface area contributed by atoms with Gasteiger partial charge in [0.05, 0.1) is 0 Å². The smallest absolute Gasteiger partial charge is 0.319 e. The van der Waals surface area contributed by atoms with Crippen LogP contribution in [0, 0.1) is 17.3 Å². The van der Waals surface area contributed by atoms with E-state index in [0.717, 1.165) is 18.8 Å². The summed E-state index contributed by atoms with van der Waals surface area (Å²) in [7, 11) is 0. The van der Waals surface area contributed by atoms with Gasteiger partial charge in [0.2, 0.25) is 5.91 Å². The molecule has 3 rings (SSSR count). The minimum absolute atomic E-state index is 0.228. The van der Waals surface area contributed by atoms with Crippen molar-refractivity contribution in [3.05, 3.63) is 0 Å². The van der Waals surface area contributed by atoms with Gasteiger partial charge in [-0.15, -0.1) is 0 Å². The van der Waals surface area contributed by atoms with E-state index in [1.165, 1.54) is 19.3 Å². The Hall–Kier alpha value is -1.06. The molecule has 2 bridgehead atoms. The van der Waals surface area contributed by atoms with Crippen molar-refractivity contribution in [3.8, 4) is 0 Å². The van der Waals surface area contributed by atoms with Crippen molar-refractivity contribution in [1.82, 2.24) is 5.32 Å². The topological polar surface area (TPSA) is 66.4 Å². The highest BCUT2D eigenvalue weighted by Gasteiger charge is 2.52. The third kappa shape index (κ3) is 1.57. The van der Waals surface area contributed by atoms with Crippen LogP contribution in [0.15, 0.2) is 0 Å². The van der Waals surface area contributed by atoms with E-state index in [1.54, 1.807) is 0 Å². The second kappa shape index (κ2) is 3.72. The zero-order valence-corrected chi connectivity index (χ0v) is 9.95. The first kappa shape index (κ1) is 11.1. The third-order valence-corrected chi connectivity index (χ3v) is 5.11. The van der Waals surface area contributed by atoms with Gasteiger partial charge < -0.3 is 10.4 Å². The van der Waals surface area contributed by atoms with Crippen LogP contribution in [-0.4, -0.2) is 23.0 Å². The van der Waals surface area contributed by atoms with E-state index in [-0.39, 0.29) is 11.9 Å². The van der Waals surface area contributed by atoms with Crippen molar-refractivity contribution in [3.63, 3.8) is 0 Å². The monoisotopic (exact) mass is 237 g/mol. The molecule has 2 N–H and O–H groups in total. The fraction of sp³-hybridized carbons (Fsp3) is 0.846. The largest absolute Gasteiger partial charge is 0.480 e.